The number of amides is 1. The quantitative estimate of drug-likeness (QED) is 0.265. The molecule has 0 bridgehead atoms. The number of hydrogen-bond acceptors (Lipinski definition) is 6. The highest BCUT2D eigenvalue weighted by Crippen LogP contribution is 2.33. The number of rotatable bonds is 8. The number of sulfone groups is 1. The van der Waals surface area contributed by atoms with Crippen LogP contribution in [-0.4, -0.2) is 74.1 Å². The van der Waals surface area contributed by atoms with E-state index in [1.54, 1.807) is 25.1 Å². The van der Waals surface area contributed by atoms with Crippen LogP contribution in [0, 0.1) is 11.8 Å². The van der Waals surface area contributed by atoms with Gasteiger partial charge in [0.1, 0.15) is 12.3 Å². The Labute approximate surface area is 265 Å². The Morgan fingerprint density at radius 1 is 1.09 bits per heavy atom. The SMILES string of the molecule is C.C.CCC(=O)N(CC#Cc1cc2c(NC3CCC(N(C)C)CC3)cccc2n1CC(F)(F)F)c1ccc(S(C)(=O)=O)cc1O. The van der Waals surface area contributed by atoms with Crippen molar-refractivity contribution in [1.29, 1.82) is 0 Å². The van der Waals surface area contributed by atoms with Crippen LogP contribution in [0.1, 0.15) is 59.6 Å². The molecule has 1 aromatic heterocycles. The van der Waals surface area contributed by atoms with Gasteiger partial charge in [-0.15, -0.1) is 0 Å². The lowest BCUT2D eigenvalue weighted by molar-refractivity contribution is -0.140. The molecular formula is C33H45F3N4O4S. The van der Waals surface area contributed by atoms with Gasteiger partial charge in [-0.3, -0.25) is 9.69 Å². The van der Waals surface area contributed by atoms with Gasteiger partial charge in [-0.25, -0.2) is 8.42 Å². The average Bonchev–Trinajstić information content (AvgIpc) is 3.27. The molecule has 2 N–H and O–H groups in total. The number of fused-ring (bicyclic) bond motifs is 1. The number of alkyl halides is 3. The molecule has 45 heavy (non-hydrogen) atoms. The summed E-state index contributed by atoms with van der Waals surface area (Å²) >= 11 is 0. The van der Waals surface area contributed by atoms with Crippen LogP contribution in [0.5, 0.6) is 5.75 Å². The van der Waals surface area contributed by atoms with Crippen molar-refractivity contribution in [3.63, 3.8) is 0 Å². The topological polar surface area (TPSA) is 94.9 Å². The summed E-state index contributed by atoms with van der Waals surface area (Å²) in [7, 11) is 0.547. The minimum absolute atomic E-state index is 0. The molecule has 1 fully saturated rings. The van der Waals surface area contributed by atoms with Crippen LogP contribution in [0.25, 0.3) is 10.9 Å². The van der Waals surface area contributed by atoms with Gasteiger partial charge in [0.05, 0.1) is 28.3 Å². The van der Waals surface area contributed by atoms with Crippen LogP contribution in [0.15, 0.2) is 47.4 Å². The molecule has 1 amide bonds. The lowest BCUT2D eigenvalue weighted by atomic mass is 9.90. The van der Waals surface area contributed by atoms with E-state index in [0.29, 0.717) is 16.9 Å². The zero-order chi connectivity index (χ0) is 31.5. The van der Waals surface area contributed by atoms with Crippen molar-refractivity contribution in [2.75, 3.05) is 37.1 Å². The van der Waals surface area contributed by atoms with Crippen molar-refractivity contribution in [2.24, 2.45) is 0 Å². The Morgan fingerprint density at radius 3 is 2.31 bits per heavy atom. The maximum Gasteiger partial charge on any atom is 0.406 e. The first-order valence-electron chi connectivity index (χ1n) is 14.1. The first-order chi connectivity index (χ1) is 20.2. The molecule has 0 radical (unpaired) electrons. The number of nitrogens with zero attached hydrogens (tertiary/aromatic N) is 3. The molecule has 12 heteroatoms. The summed E-state index contributed by atoms with van der Waals surface area (Å²) in [5.74, 6) is 4.80. The number of anilines is 2. The molecule has 248 valence electrons. The van der Waals surface area contributed by atoms with E-state index < -0.39 is 34.2 Å². The highest BCUT2D eigenvalue weighted by molar-refractivity contribution is 7.90. The average molecular weight is 651 g/mol. The highest BCUT2D eigenvalue weighted by Gasteiger charge is 2.30. The number of nitrogens with one attached hydrogen (secondary N) is 1. The minimum atomic E-state index is -4.49. The van der Waals surface area contributed by atoms with Crippen LogP contribution in [0.2, 0.25) is 0 Å². The molecule has 1 aliphatic carbocycles. The van der Waals surface area contributed by atoms with Gasteiger partial charge in [-0.05, 0) is 76.0 Å². The van der Waals surface area contributed by atoms with Crippen LogP contribution in [0.3, 0.4) is 0 Å². The molecular weight excluding hydrogens is 605 g/mol. The Bertz CT molecular complexity index is 1650. The van der Waals surface area contributed by atoms with E-state index in [0.717, 1.165) is 48.3 Å². The Morgan fingerprint density at radius 2 is 1.76 bits per heavy atom. The summed E-state index contributed by atoms with van der Waals surface area (Å²) in [6.07, 6.45) is 0.544. The second-order valence-corrected chi connectivity index (χ2v) is 13.2. The molecule has 0 atom stereocenters. The van der Waals surface area contributed by atoms with Gasteiger partial charge in [0.2, 0.25) is 5.91 Å². The molecule has 1 saturated carbocycles. The Kier molecular flexibility index (Phi) is 12.6. The van der Waals surface area contributed by atoms with Gasteiger partial charge in [0.15, 0.2) is 9.84 Å². The number of aromatic hydroxyl groups is 1. The zero-order valence-electron chi connectivity index (χ0n) is 24.7. The van der Waals surface area contributed by atoms with Gasteiger partial charge in [-0.2, -0.15) is 13.2 Å². The number of carbonyl (C=O) groups is 1. The molecule has 8 nitrogen and oxygen atoms in total. The van der Waals surface area contributed by atoms with Gasteiger partial charge in [0, 0.05) is 41.9 Å². The van der Waals surface area contributed by atoms with E-state index in [1.165, 1.54) is 17.0 Å². The number of phenols is 1. The predicted octanol–water partition coefficient (Wildman–Crippen LogP) is 6.66. The maximum atomic E-state index is 13.7. The van der Waals surface area contributed by atoms with E-state index in [1.807, 2.05) is 6.07 Å². The normalized spacial score (nSPS) is 16.7. The van der Waals surface area contributed by atoms with E-state index >= 15 is 0 Å². The smallest absolute Gasteiger partial charge is 0.406 e. The molecule has 1 heterocycles. The summed E-state index contributed by atoms with van der Waals surface area (Å²) in [4.78, 5) is 16.0. The van der Waals surface area contributed by atoms with Gasteiger partial charge in [0.25, 0.3) is 0 Å². The lowest BCUT2D eigenvalue weighted by Crippen LogP contribution is -2.36. The third kappa shape index (κ3) is 9.17. The van der Waals surface area contributed by atoms with Gasteiger partial charge >= 0.3 is 6.18 Å². The summed E-state index contributed by atoms with van der Waals surface area (Å²) in [5.41, 5.74) is 1.33. The zero-order valence-corrected chi connectivity index (χ0v) is 25.5. The first-order valence-corrected chi connectivity index (χ1v) is 16.0. The van der Waals surface area contributed by atoms with Gasteiger partial charge in [-0.1, -0.05) is 33.8 Å². The van der Waals surface area contributed by atoms with Crippen molar-refractivity contribution >= 4 is 38.0 Å². The van der Waals surface area contributed by atoms with Crippen LogP contribution in [0.4, 0.5) is 24.5 Å². The van der Waals surface area contributed by atoms with E-state index in [2.05, 4.69) is 36.2 Å². The summed E-state index contributed by atoms with van der Waals surface area (Å²) < 4.78 is 65.9. The second-order valence-electron chi connectivity index (χ2n) is 11.1. The molecule has 0 spiro atoms. The molecule has 0 aliphatic heterocycles. The third-order valence-corrected chi connectivity index (χ3v) is 8.90. The summed E-state index contributed by atoms with van der Waals surface area (Å²) in [6, 6.07) is 11.2. The molecule has 1 aliphatic rings. The molecule has 3 aromatic rings. The molecule has 0 unspecified atom stereocenters. The van der Waals surface area contributed by atoms with E-state index in [9.17, 15) is 31.5 Å². The van der Waals surface area contributed by atoms with Gasteiger partial charge < -0.3 is 19.9 Å². The summed E-state index contributed by atoms with van der Waals surface area (Å²) in [6.45, 7) is 0.156. The fraction of sp³-hybridized carbons (Fsp3) is 0.485. The monoisotopic (exact) mass is 650 g/mol. The number of carbonyl (C=O) groups excluding carboxylic acids is 1. The Hall–Kier alpha value is -3.69. The van der Waals surface area contributed by atoms with E-state index in [-0.39, 0.29) is 50.1 Å². The number of aromatic nitrogens is 1. The molecule has 4 rings (SSSR count). The van der Waals surface area contributed by atoms with Crippen molar-refractivity contribution in [3.8, 4) is 17.6 Å². The third-order valence-electron chi connectivity index (χ3n) is 7.79. The second kappa shape index (κ2) is 15.1. The minimum Gasteiger partial charge on any atom is -0.506 e. The molecule has 2 aromatic carbocycles. The van der Waals surface area contributed by atoms with Crippen molar-refractivity contribution < 1.29 is 31.5 Å². The number of hydrogen-bond donors (Lipinski definition) is 2. The fourth-order valence-corrected chi connectivity index (χ4v) is 6.13. The van der Waals surface area contributed by atoms with Crippen molar-refractivity contribution in [2.45, 2.75) is 83.6 Å². The number of phenolic OH excluding ortho intramolecular Hbond substituents is 1. The molecule has 0 saturated heterocycles. The number of benzene rings is 2. The van der Waals surface area contributed by atoms with Crippen molar-refractivity contribution in [1.82, 2.24) is 9.47 Å². The van der Waals surface area contributed by atoms with Crippen LogP contribution < -0.4 is 10.2 Å². The van der Waals surface area contributed by atoms with Crippen LogP contribution in [-0.2, 0) is 21.2 Å². The predicted molar refractivity (Wildman–Crippen MR) is 176 cm³/mol. The van der Waals surface area contributed by atoms with E-state index in [4.69, 9.17) is 0 Å². The standard InChI is InChI=1S/C31H37F3N4O4S.2CH4/c1-5-30(40)37(28-16-15-24(19-29(28)39)43(4,41)42)17-7-8-23-18-25-26(35-21-11-13-22(14-12-21)36(2)3)9-6-10-27(25)38(23)20-31(32,33)34;;/h6,9-10,15-16,18-19,21-22,35,39H,5,11-14,17,20H2,1-4H3;2*1H4. The number of halogens is 3. The van der Waals surface area contributed by atoms with Crippen molar-refractivity contribution in [3.05, 3.63) is 48.2 Å². The maximum absolute atomic E-state index is 13.7. The highest BCUT2D eigenvalue weighted by atomic mass is 32.2. The van der Waals surface area contributed by atoms with Crippen LogP contribution >= 0.6 is 0 Å². The summed E-state index contributed by atoms with van der Waals surface area (Å²) in [5, 5.41) is 14.7. The lowest BCUT2D eigenvalue weighted by Gasteiger charge is -2.33. The largest absolute Gasteiger partial charge is 0.506 e. The first kappa shape index (κ1) is 37.5. The Balaban J connectivity index is 0.00000353. The fourth-order valence-electron chi connectivity index (χ4n) is 5.49.